The Bertz CT molecular complexity index is 735. The Morgan fingerprint density at radius 1 is 1.25 bits per heavy atom. The molecule has 1 N–H and O–H groups in total. The van der Waals surface area contributed by atoms with Gasteiger partial charge in [-0.05, 0) is 39.1 Å². The number of hydrogen-bond acceptors (Lipinski definition) is 6. The minimum Gasteiger partial charge on any atom is -0.495 e. The van der Waals surface area contributed by atoms with Crippen molar-refractivity contribution in [2.45, 2.75) is 23.0 Å². The third-order valence-corrected chi connectivity index (χ3v) is 6.84. The summed E-state index contributed by atoms with van der Waals surface area (Å²) < 4.78 is 37.1. The maximum absolute atomic E-state index is 13.3. The highest BCUT2D eigenvalue weighted by molar-refractivity contribution is 7.92. The third-order valence-electron chi connectivity index (χ3n) is 4.61. The van der Waals surface area contributed by atoms with Gasteiger partial charge in [0.1, 0.15) is 11.5 Å². The number of nitrogens with one attached hydrogen (secondary N) is 1. The van der Waals surface area contributed by atoms with E-state index in [0.717, 1.165) is 6.54 Å². The van der Waals surface area contributed by atoms with Crippen LogP contribution in [-0.4, -0.2) is 84.0 Å². The van der Waals surface area contributed by atoms with E-state index in [1.165, 1.54) is 14.2 Å². The van der Waals surface area contributed by atoms with Crippen LogP contribution in [0.4, 0.5) is 4.79 Å². The van der Waals surface area contributed by atoms with Gasteiger partial charge in [-0.2, -0.15) is 0 Å². The Labute approximate surface area is 173 Å². The van der Waals surface area contributed by atoms with Gasteiger partial charge in [0.05, 0.1) is 19.5 Å². The molecular weight excluding hydrogens is 406 g/mol. The first-order valence-corrected chi connectivity index (χ1v) is 10.5. The van der Waals surface area contributed by atoms with Crippen molar-refractivity contribution in [3.63, 3.8) is 0 Å². The molecule has 0 aromatic heterocycles. The lowest BCUT2D eigenvalue weighted by atomic mass is 10.1. The lowest BCUT2D eigenvalue weighted by Gasteiger charge is -2.33. The van der Waals surface area contributed by atoms with Crippen molar-refractivity contribution in [3.05, 3.63) is 18.2 Å². The molecule has 1 fully saturated rings. The number of benzene rings is 1. The van der Waals surface area contributed by atoms with Crippen LogP contribution in [0.1, 0.15) is 12.8 Å². The predicted octanol–water partition coefficient (Wildman–Crippen LogP) is 1.63. The molecule has 1 atom stereocenters. The number of likely N-dealkylation sites (N-methyl/N-ethyl adjacent to an activating group) is 1. The maximum Gasteiger partial charge on any atom is 0.317 e. The Hall–Kier alpha value is -1.71. The highest BCUT2D eigenvalue weighted by Gasteiger charge is 2.37. The van der Waals surface area contributed by atoms with Crippen LogP contribution >= 0.6 is 12.4 Å². The van der Waals surface area contributed by atoms with Crippen LogP contribution in [0.15, 0.2) is 23.1 Å². The van der Waals surface area contributed by atoms with Crippen molar-refractivity contribution in [1.82, 2.24) is 15.1 Å². The lowest BCUT2D eigenvalue weighted by Crippen LogP contribution is -2.50. The molecule has 0 bridgehead atoms. The highest BCUT2D eigenvalue weighted by atomic mass is 35.5. The number of likely N-dealkylation sites (tertiary alicyclic amines) is 1. The first kappa shape index (κ1) is 24.3. The smallest absolute Gasteiger partial charge is 0.317 e. The van der Waals surface area contributed by atoms with Gasteiger partial charge in [0.25, 0.3) is 0 Å². The van der Waals surface area contributed by atoms with E-state index < -0.39 is 15.1 Å². The molecule has 1 unspecified atom stereocenters. The summed E-state index contributed by atoms with van der Waals surface area (Å²) in [5, 5.41) is 2.14. The summed E-state index contributed by atoms with van der Waals surface area (Å²) in [6.45, 7) is 1.93. The number of rotatable bonds is 7. The quantitative estimate of drug-likeness (QED) is 0.700. The number of nitrogens with zero attached hydrogens (tertiary/aromatic N) is 2. The number of methoxy groups -OCH3 is 2. The van der Waals surface area contributed by atoms with E-state index in [0.29, 0.717) is 25.9 Å². The van der Waals surface area contributed by atoms with Crippen molar-refractivity contribution >= 4 is 28.3 Å². The number of sulfone groups is 1. The second-order valence-corrected chi connectivity index (χ2v) is 8.95. The molecule has 1 aromatic rings. The monoisotopic (exact) mass is 435 g/mol. The van der Waals surface area contributed by atoms with E-state index >= 15 is 0 Å². The average Bonchev–Trinajstić information content (AvgIpc) is 2.66. The fraction of sp³-hybridized carbons (Fsp3) is 0.611. The first-order valence-electron chi connectivity index (χ1n) is 8.93. The van der Waals surface area contributed by atoms with Crippen molar-refractivity contribution in [2.75, 3.05) is 54.5 Å². The van der Waals surface area contributed by atoms with E-state index in [1.807, 2.05) is 19.0 Å². The summed E-state index contributed by atoms with van der Waals surface area (Å²) in [4.78, 5) is 16.0. The van der Waals surface area contributed by atoms with Crippen LogP contribution in [0, 0.1) is 0 Å². The molecule has 160 valence electrons. The van der Waals surface area contributed by atoms with Gasteiger partial charge in [-0.1, -0.05) is 6.07 Å². The Kier molecular flexibility index (Phi) is 9.32. The van der Waals surface area contributed by atoms with E-state index in [9.17, 15) is 13.2 Å². The zero-order valence-corrected chi connectivity index (χ0v) is 18.4. The van der Waals surface area contributed by atoms with Crippen molar-refractivity contribution in [1.29, 1.82) is 0 Å². The molecule has 2 rings (SSSR count). The van der Waals surface area contributed by atoms with E-state index in [4.69, 9.17) is 9.47 Å². The number of urea groups is 1. The van der Waals surface area contributed by atoms with Crippen LogP contribution in [0.5, 0.6) is 11.5 Å². The second kappa shape index (κ2) is 10.7. The minimum atomic E-state index is -3.73. The van der Waals surface area contributed by atoms with Crippen LogP contribution < -0.4 is 14.8 Å². The molecule has 28 heavy (non-hydrogen) atoms. The number of amides is 2. The molecule has 0 spiro atoms. The molecule has 2 amide bonds. The topological polar surface area (TPSA) is 88.2 Å². The van der Waals surface area contributed by atoms with Crippen LogP contribution in [0.2, 0.25) is 0 Å². The normalized spacial score (nSPS) is 17.0. The third kappa shape index (κ3) is 5.65. The molecule has 8 nitrogen and oxygen atoms in total. The number of hydrogen-bond donors (Lipinski definition) is 1. The van der Waals surface area contributed by atoms with Gasteiger partial charge in [0.2, 0.25) is 0 Å². The summed E-state index contributed by atoms with van der Waals surface area (Å²) in [6, 6.07) is 4.65. The zero-order valence-electron chi connectivity index (χ0n) is 16.8. The predicted molar refractivity (Wildman–Crippen MR) is 111 cm³/mol. The minimum absolute atomic E-state index is 0. The molecule has 0 aliphatic carbocycles. The van der Waals surface area contributed by atoms with E-state index in [-0.39, 0.29) is 41.4 Å². The summed E-state index contributed by atoms with van der Waals surface area (Å²) in [6.07, 6.45) is 1.12. The van der Waals surface area contributed by atoms with Gasteiger partial charge in [-0.15, -0.1) is 12.4 Å². The summed E-state index contributed by atoms with van der Waals surface area (Å²) >= 11 is 0. The van der Waals surface area contributed by atoms with Crippen molar-refractivity contribution in [3.8, 4) is 11.5 Å². The van der Waals surface area contributed by atoms with Gasteiger partial charge >= 0.3 is 6.03 Å². The average molecular weight is 436 g/mol. The van der Waals surface area contributed by atoms with Crippen LogP contribution in [-0.2, 0) is 9.84 Å². The molecule has 1 aromatic carbocycles. The van der Waals surface area contributed by atoms with Crippen molar-refractivity contribution < 1.29 is 22.7 Å². The Morgan fingerprint density at radius 2 is 1.86 bits per heavy atom. The fourth-order valence-corrected chi connectivity index (χ4v) is 5.19. The molecular formula is C18H30ClN3O5S. The number of carbonyl (C=O) groups excluding carboxylic acids is 1. The molecule has 1 heterocycles. The number of ether oxygens (including phenoxy) is 2. The van der Waals surface area contributed by atoms with Gasteiger partial charge in [0, 0.05) is 26.2 Å². The summed E-state index contributed by atoms with van der Waals surface area (Å²) in [5.74, 6) is 0.504. The highest BCUT2D eigenvalue weighted by Crippen LogP contribution is 2.37. The van der Waals surface area contributed by atoms with Gasteiger partial charge < -0.3 is 24.6 Å². The van der Waals surface area contributed by atoms with E-state index in [1.54, 1.807) is 23.1 Å². The van der Waals surface area contributed by atoms with Crippen LogP contribution in [0.25, 0.3) is 0 Å². The van der Waals surface area contributed by atoms with Gasteiger partial charge in [0.15, 0.2) is 14.7 Å². The largest absolute Gasteiger partial charge is 0.495 e. The first-order chi connectivity index (χ1) is 12.8. The lowest BCUT2D eigenvalue weighted by molar-refractivity contribution is 0.186. The Balaban J connectivity index is 0.00000392. The molecule has 10 heteroatoms. The second-order valence-electron chi connectivity index (χ2n) is 6.78. The fourth-order valence-electron chi connectivity index (χ4n) is 3.14. The standard InChI is InChI=1S/C18H29N3O5S.ClH/c1-20(2)12-10-19-18(22)21-11-6-7-14(13-21)27(23,24)17-15(25-3)8-5-9-16(17)26-4;/h5,8-9,14H,6-7,10-13H2,1-4H3,(H,19,22);1H. The zero-order chi connectivity index (χ0) is 20.0. The number of halogens is 1. The Morgan fingerprint density at radius 3 is 2.39 bits per heavy atom. The molecule has 1 aliphatic heterocycles. The summed E-state index contributed by atoms with van der Waals surface area (Å²) in [7, 11) is 2.99. The molecule has 1 saturated heterocycles. The van der Waals surface area contributed by atoms with Gasteiger partial charge in [-0.25, -0.2) is 13.2 Å². The van der Waals surface area contributed by atoms with Crippen molar-refractivity contribution in [2.24, 2.45) is 0 Å². The van der Waals surface area contributed by atoms with E-state index in [2.05, 4.69) is 5.32 Å². The van der Waals surface area contributed by atoms with Crippen LogP contribution in [0.3, 0.4) is 0 Å². The number of carbonyl (C=O) groups is 1. The number of piperidine rings is 1. The molecule has 0 radical (unpaired) electrons. The molecule has 1 aliphatic rings. The van der Waals surface area contributed by atoms with Gasteiger partial charge in [-0.3, -0.25) is 0 Å². The molecule has 0 saturated carbocycles. The SMILES string of the molecule is COc1cccc(OC)c1S(=O)(=O)C1CCCN(C(=O)NCCN(C)C)C1.Cl. The summed E-state index contributed by atoms with van der Waals surface area (Å²) in [5.41, 5.74) is 0. The maximum atomic E-state index is 13.3.